The molecule has 8 nitrogen and oxygen atoms in total. The minimum absolute atomic E-state index is 0.0636. The third-order valence-electron chi connectivity index (χ3n) is 5.73. The van der Waals surface area contributed by atoms with Crippen molar-refractivity contribution in [2.75, 3.05) is 41.8 Å². The van der Waals surface area contributed by atoms with Crippen molar-refractivity contribution >= 4 is 29.0 Å². The molecule has 2 aromatic rings. The predicted octanol–water partition coefficient (Wildman–Crippen LogP) is 3.71. The van der Waals surface area contributed by atoms with E-state index >= 15 is 0 Å². The van der Waals surface area contributed by atoms with Crippen LogP contribution in [0.1, 0.15) is 41.6 Å². The van der Waals surface area contributed by atoms with E-state index in [-0.39, 0.29) is 12.0 Å². The maximum atomic E-state index is 13.0. The van der Waals surface area contributed by atoms with Gasteiger partial charge in [0.05, 0.1) is 23.3 Å². The van der Waals surface area contributed by atoms with E-state index in [2.05, 4.69) is 20.9 Å². The molecule has 2 fully saturated rings. The Morgan fingerprint density at radius 1 is 1.03 bits per heavy atom. The Morgan fingerprint density at radius 3 is 2.44 bits per heavy atom. The number of nitriles is 1. The van der Waals surface area contributed by atoms with Crippen LogP contribution >= 0.6 is 0 Å². The molecule has 166 valence electrons. The summed E-state index contributed by atoms with van der Waals surface area (Å²) in [5.74, 6) is -0.168. The summed E-state index contributed by atoms with van der Waals surface area (Å²) >= 11 is 0. The SMILES string of the molecule is N#Cc1ccc(NC(=O)Nc2ccc(N3CCCC3)c(C(=O)NCC3CCCO3)c2)cc1. The van der Waals surface area contributed by atoms with Crippen LogP contribution in [-0.2, 0) is 4.74 Å². The lowest BCUT2D eigenvalue weighted by atomic mass is 10.1. The number of carbonyl (C=O) groups excluding carboxylic acids is 2. The van der Waals surface area contributed by atoms with Gasteiger partial charge in [-0.25, -0.2) is 4.79 Å². The zero-order valence-electron chi connectivity index (χ0n) is 17.9. The zero-order valence-corrected chi connectivity index (χ0v) is 17.9. The van der Waals surface area contributed by atoms with Crippen LogP contribution in [-0.4, -0.2) is 44.3 Å². The normalized spacial score (nSPS) is 17.6. The number of nitrogens with one attached hydrogen (secondary N) is 3. The number of rotatable bonds is 6. The molecule has 0 bridgehead atoms. The number of hydrogen-bond acceptors (Lipinski definition) is 5. The summed E-state index contributed by atoms with van der Waals surface area (Å²) in [4.78, 5) is 27.7. The van der Waals surface area contributed by atoms with E-state index in [4.69, 9.17) is 10.00 Å². The van der Waals surface area contributed by atoms with Gasteiger partial charge in [-0.05, 0) is 68.1 Å². The van der Waals surface area contributed by atoms with Gasteiger partial charge in [0.25, 0.3) is 5.91 Å². The average molecular weight is 434 g/mol. The number of ether oxygens (including phenoxy) is 1. The number of benzene rings is 2. The van der Waals surface area contributed by atoms with Crippen molar-refractivity contribution in [2.24, 2.45) is 0 Å². The molecule has 2 aliphatic heterocycles. The lowest BCUT2D eigenvalue weighted by Gasteiger charge is -2.22. The molecule has 0 aliphatic carbocycles. The van der Waals surface area contributed by atoms with Gasteiger partial charge in [0.1, 0.15) is 0 Å². The van der Waals surface area contributed by atoms with Gasteiger partial charge in [0.2, 0.25) is 0 Å². The van der Waals surface area contributed by atoms with Crippen LogP contribution in [0.25, 0.3) is 0 Å². The number of hydrogen-bond donors (Lipinski definition) is 3. The number of nitrogens with zero attached hydrogens (tertiary/aromatic N) is 2. The van der Waals surface area contributed by atoms with Crippen LogP contribution in [0.15, 0.2) is 42.5 Å². The average Bonchev–Trinajstić information content (AvgIpc) is 3.52. The highest BCUT2D eigenvalue weighted by molar-refractivity contribution is 6.04. The smallest absolute Gasteiger partial charge is 0.323 e. The number of amides is 3. The van der Waals surface area contributed by atoms with E-state index in [0.717, 1.165) is 51.1 Å². The Bertz CT molecular complexity index is 1000. The standard InChI is InChI=1S/C24H27N5O3/c25-15-17-5-7-18(8-6-17)27-24(31)28-19-9-10-22(29-11-1-2-12-29)21(14-19)23(30)26-16-20-4-3-13-32-20/h5-10,14,20H,1-4,11-13,16H2,(H,26,30)(H2,27,28,31). The fourth-order valence-corrected chi connectivity index (χ4v) is 4.06. The molecule has 32 heavy (non-hydrogen) atoms. The van der Waals surface area contributed by atoms with Gasteiger partial charge in [-0.15, -0.1) is 0 Å². The Morgan fingerprint density at radius 2 is 1.75 bits per heavy atom. The summed E-state index contributed by atoms with van der Waals surface area (Å²) in [5.41, 5.74) is 3.05. The second-order valence-electron chi connectivity index (χ2n) is 8.04. The molecule has 2 aliphatic rings. The second kappa shape index (κ2) is 10.2. The van der Waals surface area contributed by atoms with E-state index in [1.54, 1.807) is 30.3 Å². The van der Waals surface area contributed by atoms with E-state index in [1.807, 2.05) is 18.2 Å². The summed E-state index contributed by atoms with van der Waals surface area (Å²) in [6.07, 6.45) is 4.24. The first-order chi connectivity index (χ1) is 15.6. The maximum absolute atomic E-state index is 13.0. The van der Waals surface area contributed by atoms with E-state index in [0.29, 0.717) is 29.0 Å². The molecule has 4 rings (SSSR count). The van der Waals surface area contributed by atoms with Gasteiger partial charge in [-0.1, -0.05) is 0 Å². The zero-order chi connectivity index (χ0) is 22.3. The molecule has 2 aromatic carbocycles. The summed E-state index contributed by atoms with van der Waals surface area (Å²) in [6.45, 7) is 3.05. The Balaban J connectivity index is 1.46. The highest BCUT2D eigenvalue weighted by atomic mass is 16.5. The van der Waals surface area contributed by atoms with Gasteiger partial charge < -0.3 is 25.6 Å². The van der Waals surface area contributed by atoms with Crippen molar-refractivity contribution in [3.05, 3.63) is 53.6 Å². The predicted molar refractivity (Wildman–Crippen MR) is 123 cm³/mol. The van der Waals surface area contributed by atoms with Crippen molar-refractivity contribution in [1.29, 1.82) is 5.26 Å². The Labute approximate surface area is 187 Å². The lowest BCUT2D eigenvalue weighted by molar-refractivity contribution is 0.0858. The van der Waals surface area contributed by atoms with E-state index in [9.17, 15) is 9.59 Å². The van der Waals surface area contributed by atoms with Crippen LogP contribution < -0.4 is 20.9 Å². The number of urea groups is 1. The van der Waals surface area contributed by atoms with Crippen molar-refractivity contribution in [1.82, 2.24) is 5.32 Å². The summed E-state index contributed by atoms with van der Waals surface area (Å²) in [7, 11) is 0. The summed E-state index contributed by atoms with van der Waals surface area (Å²) < 4.78 is 5.61. The maximum Gasteiger partial charge on any atom is 0.323 e. The molecule has 3 amide bonds. The first-order valence-corrected chi connectivity index (χ1v) is 11.0. The molecule has 0 radical (unpaired) electrons. The van der Waals surface area contributed by atoms with Crippen LogP contribution in [0, 0.1) is 11.3 Å². The number of anilines is 3. The Hall–Kier alpha value is -3.57. The van der Waals surface area contributed by atoms with Gasteiger partial charge in [-0.3, -0.25) is 4.79 Å². The van der Waals surface area contributed by atoms with Gasteiger partial charge in [0, 0.05) is 43.3 Å². The molecule has 1 atom stereocenters. The minimum atomic E-state index is -0.422. The first kappa shape index (κ1) is 21.7. The van der Waals surface area contributed by atoms with Crippen LogP contribution in [0.4, 0.5) is 21.9 Å². The molecular weight excluding hydrogens is 406 g/mol. The third kappa shape index (κ3) is 5.37. The fraction of sp³-hybridized carbons (Fsp3) is 0.375. The highest BCUT2D eigenvalue weighted by Gasteiger charge is 2.22. The molecule has 2 saturated heterocycles. The van der Waals surface area contributed by atoms with Gasteiger partial charge in [0.15, 0.2) is 0 Å². The quantitative estimate of drug-likeness (QED) is 0.644. The van der Waals surface area contributed by atoms with Gasteiger partial charge in [-0.2, -0.15) is 5.26 Å². The first-order valence-electron chi connectivity index (χ1n) is 11.0. The monoisotopic (exact) mass is 433 g/mol. The molecule has 8 heteroatoms. The lowest BCUT2D eigenvalue weighted by Crippen LogP contribution is -2.33. The topological polar surface area (TPSA) is 106 Å². The largest absolute Gasteiger partial charge is 0.376 e. The molecule has 2 heterocycles. The molecule has 0 spiro atoms. The second-order valence-corrected chi connectivity index (χ2v) is 8.04. The summed E-state index contributed by atoms with van der Waals surface area (Å²) in [5, 5.41) is 17.4. The van der Waals surface area contributed by atoms with Gasteiger partial charge >= 0.3 is 6.03 Å². The van der Waals surface area contributed by atoms with Crippen molar-refractivity contribution in [3.63, 3.8) is 0 Å². The van der Waals surface area contributed by atoms with Crippen molar-refractivity contribution in [2.45, 2.75) is 31.8 Å². The highest BCUT2D eigenvalue weighted by Crippen LogP contribution is 2.28. The third-order valence-corrected chi connectivity index (χ3v) is 5.73. The Kier molecular flexibility index (Phi) is 6.87. The number of carbonyl (C=O) groups is 2. The van der Waals surface area contributed by atoms with Crippen molar-refractivity contribution in [3.8, 4) is 6.07 Å². The molecule has 0 saturated carbocycles. The summed E-state index contributed by atoms with van der Waals surface area (Å²) in [6, 6.07) is 13.6. The molecular formula is C24H27N5O3. The fourth-order valence-electron chi connectivity index (χ4n) is 4.06. The van der Waals surface area contributed by atoms with E-state index < -0.39 is 6.03 Å². The molecule has 3 N–H and O–H groups in total. The molecule has 0 aromatic heterocycles. The molecule has 1 unspecified atom stereocenters. The van der Waals surface area contributed by atoms with Crippen LogP contribution in [0.5, 0.6) is 0 Å². The minimum Gasteiger partial charge on any atom is -0.376 e. The van der Waals surface area contributed by atoms with Crippen LogP contribution in [0.2, 0.25) is 0 Å². The van der Waals surface area contributed by atoms with Crippen molar-refractivity contribution < 1.29 is 14.3 Å². The van der Waals surface area contributed by atoms with E-state index in [1.165, 1.54) is 0 Å². The van der Waals surface area contributed by atoms with Crippen LogP contribution in [0.3, 0.4) is 0 Å².